The molecule has 2 atom stereocenters. The van der Waals surface area contributed by atoms with Crippen LogP contribution in [0.5, 0.6) is 5.75 Å². The average Bonchev–Trinajstić information content (AvgIpc) is 3.11. The van der Waals surface area contributed by atoms with E-state index in [0.717, 1.165) is 11.1 Å². The first-order valence-electron chi connectivity index (χ1n) is 7.48. The van der Waals surface area contributed by atoms with Crippen molar-refractivity contribution in [2.75, 3.05) is 7.11 Å². The molecule has 0 heterocycles. The summed E-state index contributed by atoms with van der Waals surface area (Å²) in [5.74, 6) is -0.797. The number of ether oxygens (including phenoxy) is 2. The normalized spacial score (nSPS) is 23.1. The van der Waals surface area contributed by atoms with E-state index in [-0.39, 0.29) is 5.92 Å². The number of hydrogen-bond donors (Lipinski definition) is 2. The summed E-state index contributed by atoms with van der Waals surface area (Å²) in [4.78, 5) is 23.7. The molecule has 1 fully saturated rings. The lowest BCUT2D eigenvalue weighted by molar-refractivity contribution is -0.140. The zero-order valence-corrected chi connectivity index (χ0v) is 14.1. The maximum absolute atomic E-state index is 12.0. The van der Waals surface area contributed by atoms with Gasteiger partial charge in [-0.15, -0.1) is 0 Å². The largest absolute Gasteiger partial charge is 0.496 e. The van der Waals surface area contributed by atoms with Crippen LogP contribution in [0.4, 0.5) is 4.79 Å². The van der Waals surface area contributed by atoms with Crippen LogP contribution < -0.4 is 10.1 Å². The number of aliphatic carboxylic acids is 1. The Hall–Kier alpha value is -2.24. The monoisotopic (exact) mass is 321 g/mol. The molecule has 2 rings (SSSR count). The lowest BCUT2D eigenvalue weighted by Crippen LogP contribution is -2.46. The van der Waals surface area contributed by atoms with Crippen LogP contribution >= 0.6 is 0 Å². The van der Waals surface area contributed by atoms with Crippen molar-refractivity contribution in [1.82, 2.24) is 5.32 Å². The Morgan fingerprint density at radius 2 is 2.00 bits per heavy atom. The Morgan fingerprint density at radius 3 is 2.52 bits per heavy atom. The minimum atomic E-state index is -1.34. The third kappa shape index (κ3) is 3.57. The molecule has 2 N–H and O–H groups in total. The van der Waals surface area contributed by atoms with Gasteiger partial charge in [0.15, 0.2) is 0 Å². The van der Waals surface area contributed by atoms with Gasteiger partial charge in [-0.05, 0) is 40.2 Å². The highest BCUT2D eigenvalue weighted by Gasteiger charge is 2.63. The van der Waals surface area contributed by atoms with Gasteiger partial charge in [0, 0.05) is 11.5 Å². The predicted octanol–water partition coefficient (Wildman–Crippen LogP) is 2.84. The van der Waals surface area contributed by atoms with Gasteiger partial charge in [0.1, 0.15) is 16.9 Å². The number of hydrogen-bond acceptors (Lipinski definition) is 4. The summed E-state index contributed by atoms with van der Waals surface area (Å²) in [6.45, 7) is 7.12. The third-order valence-electron chi connectivity index (χ3n) is 3.83. The topological polar surface area (TPSA) is 84.9 Å². The quantitative estimate of drug-likeness (QED) is 0.891. The summed E-state index contributed by atoms with van der Waals surface area (Å²) in [6.07, 6.45) is -0.421. The molecule has 0 saturated heterocycles. The molecule has 1 aromatic rings. The summed E-state index contributed by atoms with van der Waals surface area (Å²) >= 11 is 0. The minimum absolute atomic E-state index is 0.307. The predicted molar refractivity (Wildman–Crippen MR) is 84.8 cm³/mol. The van der Waals surface area contributed by atoms with Crippen LogP contribution in [-0.2, 0) is 9.53 Å². The van der Waals surface area contributed by atoms with Crippen LogP contribution in [0.2, 0.25) is 0 Å². The highest BCUT2D eigenvalue weighted by molar-refractivity contribution is 5.90. The SMILES string of the molecule is COc1ccc(C)cc1C1CC1(NC(=O)OC(C)(C)C)C(=O)O. The van der Waals surface area contributed by atoms with E-state index in [1.807, 2.05) is 25.1 Å². The number of methoxy groups -OCH3 is 1. The van der Waals surface area contributed by atoms with Gasteiger partial charge in [-0.1, -0.05) is 17.7 Å². The molecule has 1 aliphatic carbocycles. The number of carboxylic acids is 1. The van der Waals surface area contributed by atoms with E-state index in [1.54, 1.807) is 27.9 Å². The lowest BCUT2D eigenvalue weighted by atomic mass is 10.0. The van der Waals surface area contributed by atoms with Crippen LogP contribution in [0.15, 0.2) is 18.2 Å². The molecule has 1 amide bonds. The van der Waals surface area contributed by atoms with E-state index < -0.39 is 23.2 Å². The highest BCUT2D eigenvalue weighted by atomic mass is 16.6. The fourth-order valence-corrected chi connectivity index (χ4v) is 2.68. The number of carbonyl (C=O) groups is 2. The van der Waals surface area contributed by atoms with E-state index in [0.29, 0.717) is 12.2 Å². The maximum atomic E-state index is 12.0. The molecule has 0 radical (unpaired) electrons. The number of nitrogens with one attached hydrogen (secondary N) is 1. The summed E-state index contributed by atoms with van der Waals surface area (Å²) in [5, 5.41) is 12.1. The molecule has 0 bridgehead atoms. The Bertz CT molecular complexity index is 634. The number of carbonyl (C=O) groups excluding carboxylic acids is 1. The van der Waals surface area contributed by atoms with Crippen molar-refractivity contribution in [2.24, 2.45) is 0 Å². The smallest absolute Gasteiger partial charge is 0.408 e. The van der Waals surface area contributed by atoms with Gasteiger partial charge in [0.05, 0.1) is 7.11 Å². The molecule has 0 aromatic heterocycles. The molecule has 23 heavy (non-hydrogen) atoms. The molecule has 126 valence electrons. The molecular formula is C17H23NO5. The van der Waals surface area contributed by atoms with Gasteiger partial charge in [-0.3, -0.25) is 0 Å². The summed E-state index contributed by atoms with van der Waals surface area (Å²) in [6, 6.07) is 5.60. The zero-order chi connectivity index (χ0) is 17.4. The fraction of sp³-hybridized carbons (Fsp3) is 0.529. The van der Waals surface area contributed by atoms with Crippen LogP contribution in [-0.4, -0.2) is 35.4 Å². The second-order valence-electron chi connectivity index (χ2n) is 6.91. The van der Waals surface area contributed by atoms with E-state index in [9.17, 15) is 14.7 Å². The maximum Gasteiger partial charge on any atom is 0.408 e. The Kier molecular flexibility index (Phi) is 4.28. The van der Waals surface area contributed by atoms with E-state index in [4.69, 9.17) is 9.47 Å². The van der Waals surface area contributed by atoms with Crippen molar-refractivity contribution in [3.8, 4) is 5.75 Å². The first kappa shape index (κ1) is 17.1. The van der Waals surface area contributed by atoms with E-state index in [2.05, 4.69) is 5.32 Å². The van der Waals surface area contributed by atoms with E-state index in [1.165, 1.54) is 0 Å². The number of carboxylic acid groups (broad SMARTS) is 1. The molecule has 2 unspecified atom stereocenters. The summed E-state index contributed by atoms with van der Waals surface area (Å²) in [5.41, 5.74) is -0.242. The molecule has 1 aromatic carbocycles. The molecule has 0 aliphatic heterocycles. The van der Waals surface area contributed by atoms with E-state index >= 15 is 0 Å². The number of rotatable bonds is 4. The first-order valence-corrected chi connectivity index (χ1v) is 7.48. The van der Waals surface area contributed by atoms with Gasteiger partial charge < -0.3 is 19.9 Å². The van der Waals surface area contributed by atoms with Crippen molar-refractivity contribution >= 4 is 12.1 Å². The minimum Gasteiger partial charge on any atom is -0.496 e. The van der Waals surface area contributed by atoms with Crippen molar-refractivity contribution < 1.29 is 24.2 Å². The zero-order valence-electron chi connectivity index (χ0n) is 14.1. The number of amides is 1. The van der Waals surface area contributed by atoms with Crippen molar-refractivity contribution in [3.05, 3.63) is 29.3 Å². The Labute approximate surface area is 135 Å². The Balaban J connectivity index is 2.25. The lowest BCUT2D eigenvalue weighted by Gasteiger charge is -2.22. The molecule has 6 nitrogen and oxygen atoms in total. The first-order chi connectivity index (χ1) is 10.6. The summed E-state index contributed by atoms with van der Waals surface area (Å²) < 4.78 is 10.5. The van der Waals surface area contributed by atoms with Crippen LogP contribution in [0, 0.1) is 6.92 Å². The van der Waals surface area contributed by atoms with Gasteiger partial charge in [0.2, 0.25) is 0 Å². The molecule has 1 aliphatic rings. The standard InChI is InChI=1S/C17H23NO5/c1-10-6-7-13(22-5)11(8-10)12-9-17(12,14(19)20)18-15(21)23-16(2,3)4/h6-8,12H,9H2,1-5H3,(H,18,21)(H,19,20). The third-order valence-corrected chi connectivity index (χ3v) is 3.83. The second kappa shape index (κ2) is 5.76. The van der Waals surface area contributed by atoms with Crippen LogP contribution in [0.25, 0.3) is 0 Å². The Morgan fingerprint density at radius 1 is 1.35 bits per heavy atom. The second-order valence-corrected chi connectivity index (χ2v) is 6.91. The van der Waals surface area contributed by atoms with Gasteiger partial charge in [-0.25, -0.2) is 9.59 Å². The van der Waals surface area contributed by atoms with Crippen LogP contribution in [0.1, 0.15) is 44.2 Å². The van der Waals surface area contributed by atoms with Crippen LogP contribution in [0.3, 0.4) is 0 Å². The van der Waals surface area contributed by atoms with Gasteiger partial charge in [0.25, 0.3) is 0 Å². The van der Waals surface area contributed by atoms with Crippen molar-refractivity contribution in [1.29, 1.82) is 0 Å². The van der Waals surface area contributed by atoms with Gasteiger partial charge >= 0.3 is 12.1 Å². The summed E-state index contributed by atoms with van der Waals surface area (Å²) in [7, 11) is 1.54. The molecule has 0 spiro atoms. The average molecular weight is 321 g/mol. The highest BCUT2D eigenvalue weighted by Crippen LogP contribution is 2.54. The van der Waals surface area contributed by atoms with Crippen molar-refractivity contribution in [2.45, 2.75) is 51.2 Å². The molecule has 1 saturated carbocycles. The molecular weight excluding hydrogens is 298 g/mol. The van der Waals surface area contributed by atoms with Crippen molar-refractivity contribution in [3.63, 3.8) is 0 Å². The number of aryl methyl sites for hydroxylation is 1. The number of benzene rings is 1. The number of alkyl carbamates (subject to hydrolysis) is 1. The van der Waals surface area contributed by atoms with Gasteiger partial charge in [-0.2, -0.15) is 0 Å². The fourth-order valence-electron chi connectivity index (χ4n) is 2.68. The molecule has 6 heteroatoms.